The molecule has 1 amide bonds. The van der Waals surface area contributed by atoms with Crippen LogP contribution in [-0.4, -0.2) is 41.8 Å². The van der Waals surface area contributed by atoms with E-state index >= 15 is 0 Å². The Kier molecular flexibility index (Phi) is 6.12. The van der Waals surface area contributed by atoms with Gasteiger partial charge in [-0.3, -0.25) is 4.79 Å². The third-order valence-corrected chi connectivity index (χ3v) is 3.58. The Morgan fingerprint density at radius 3 is 2.70 bits per heavy atom. The third-order valence-electron chi connectivity index (χ3n) is 3.58. The molecule has 1 saturated heterocycles. The van der Waals surface area contributed by atoms with E-state index in [1.807, 2.05) is 44.2 Å². The van der Waals surface area contributed by atoms with E-state index in [2.05, 4.69) is 5.32 Å². The van der Waals surface area contributed by atoms with Gasteiger partial charge in [0.15, 0.2) is 12.1 Å². The Morgan fingerprint density at radius 1 is 1.43 bits per heavy atom. The molecule has 0 saturated carbocycles. The lowest BCUT2D eigenvalue weighted by atomic mass is 10.1. The summed E-state index contributed by atoms with van der Waals surface area (Å²) in [5, 5.41) is 13.0. The molecule has 6 nitrogen and oxygen atoms in total. The fourth-order valence-electron chi connectivity index (χ4n) is 2.54. The molecule has 1 aliphatic heterocycles. The van der Waals surface area contributed by atoms with Crippen LogP contribution in [0.4, 0.5) is 0 Å². The summed E-state index contributed by atoms with van der Waals surface area (Å²) in [6.45, 7) is 5.78. The second kappa shape index (κ2) is 7.88. The second-order valence-electron chi connectivity index (χ2n) is 6.18. The molecule has 1 aromatic rings. The first-order valence-corrected chi connectivity index (χ1v) is 7.78. The van der Waals surface area contributed by atoms with Gasteiger partial charge in [-0.25, -0.2) is 0 Å². The minimum absolute atomic E-state index is 0.197. The molecule has 0 aliphatic carbocycles. The van der Waals surface area contributed by atoms with Gasteiger partial charge in [-0.05, 0) is 19.4 Å². The van der Waals surface area contributed by atoms with E-state index in [0.29, 0.717) is 13.0 Å². The SMILES string of the molecule is CC(=O)N[C@H](C[C@H]1COC(C)(C)O1)[C@H](O)OCc1ccccc1. The molecule has 0 aromatic heterocycles. The largest absolute Gasteiger partial charge is 0.366 e. The van der Waals surface area contributed by atoms with Crippen LogP contribution in [0.2, 0.25) is 0 Å². The highest BCUT2D eigenvalue weighted by molar-refractivity contribution is 5.73. The van der Waals surface area contributed by atoms with Gasteiger partial charge in [-0.2, -0.15) is 0 Å². The quantitative estimate of drug-likeness (QED) is 0.745. The number of ether oxygens (including phenoxy) is 3. The van der Waals surface area contributed by atoms with Crippen molar-refractivity contribution >= 4 is 5.91 Å². The average Bonchev–Trinajstić information content (AvgIpc) is 2.83. The number of aliphatic hydroxyl groups excluding tert-OH is 1. The first-order valence-electron chi connectivity index (χ1n) is 7.78. The normalized spacial score (nSPS) is 22.5. The molecule has 0 radical (unpaired) electrons. The zero-order valence-electron chi connectivity index (χ0n) is 13.8. The Hall–Kier alpha value is -1.47. The van der Waals surface area contributed by atoms with Gasteiger partial charge >= 0.3 is 0 Å². The van der Waals surface area contributed by atoms with Crippen molar-refractivity contribution in [2.75, 3.05) is 6.61 Å². The molecule has 3 atom stereocenters. The van der Waals surface area contributed by atoms with Crippen molar-refractivity contribution in [3.63, 3.8) is 0 Å². The Bertz CT molecular complexity index is 505. The zero-order chi connectivity index (χ0) is 16.9. The smallest absolute Gasteiger partial charge is 0.217 e. The van der Waals surface area contributed by atoms with Gasteiger partial charge in [0.25, 0.3) is 0 Å². The predicted molar refractivity (Wildman–Crippen MR) is 84.4 cm³/mol. The molecule has 128 valence electrons. The third kappa shape index (κ3) is 5.91. The van der Waals surface area contributed by atoms with Crippen molar-refractivity contribution < 1.29 is 24.1 Å². The van der Waals surface area contributed by atoms with Gasteiger partial charge < -0.3 is 24.6 Å². The minimum atomic E-state index is -1.12. The van der Waals surface area contributed by atoms with Gasteiger partial charge in [-0.15, -0.1) is 0 Å². The molecule has 1 heterocycles. The molecule has 0 bridgehead atoms. The molecule has 2 N–H and O–H groups in total. The Morgan fingerprint density at radius 2 is 2.13 bits per heavy atom. The van der Waals surface area contributed by atoms with Crippen LogP contribution < -0.4 is 5.32 Å². The topological polar surface area (TPSA) is 77.0 Å². The molecule has 23 heavy (non-hydrogen) atoms. The van der Waals surface area contributed by atoms with E-state index in [1.54, 1.807) is 0 Å². The monoisotopic (exact) mass is 323 g/mol. The number of hydrogen-bond donors (Lipinski definition) is 2. The zero-order valence-corrected chi connectivity index (χ0v) is 13.8. The van der Waals surface area contributed by atoms with E-state index in [0.717, 1.165) is 5.56 Å². The van der Waals surface area contributed by atoms with Crippen LogP contribution in [0.15, 0.2) is 30.3 Å². The molecule has 0 spiro atoms. The van der Waals surface area contributed by atoms with Gasteiger partial charge in [0.1, 0.15) is 0 Å². The van der Waals surface area contributed by atoms with Crippen molar-refractivity contribution in [3.05, 3.63) is 35.9 Å². The lowest BCUT2D eigenvalue weighted by molar-refractivity contribution is -0.155. The summed E-state index contributed by atoms with van der Waals surface area (Å²) in [6.07, 6.45) is -0.901. The van der Waals surface area contributed by atoms with Crippen LogP contribution in [0.25, 0.3) is 0 Å². The van der Waals surface area contributed by atoms with Crippen LogP contribution in [0.5, 0.6) is 0 Å². The summed E-state index contributed by atoms with van der Waals surface area (Å²) in [4.78, 5) is 11.4. The van der Waals surface area contributed by atoms with E-state index < -0.39 is 18.1 Å². The lowest BCUT2D eigenvalue weighted by Crippen LogP contribution is -2.46. The van der Waals surface area contributed by atoms with Crippen LogP contribution >= 0.6 is 0 Å². The van der Waals surface area contributed by atoms with E-state index in [9.17, 15) is 9.90 Å². The fraction of sp³-hybridized carbons (Fsp3) is 0.588. The van der Waals surface area contributed by atoms with Crippen molar-refractivity contribution in [3.8, 4) is 0 Å². The summed E-state index contributed by atoms with van der Waals surface area (Å²) in [7, 11) is 0. The average molecular weight is 323 g/mol. The summed E-state index contributed by atoms with van der Waals surface area (Å²) in [5.41, 5.74) is 0.953. The van der Waals surface area contributed by atoms with E-state index in [4.69, 9.17) is 14.2 Å². The Labute approximate surface area is 136 Å². The van der Waals surface area contributed by atoms with Crippen molar-refractivity contribution in [1.29, 1.82) is 0 Å². The second-order valence-corrected chi connectivity index (χ2v) is 6.18. The number of rotatable bonds is 7. The van der Waals surface area contributed by atoms with Gasteiger partial charge in [0.2, 0.25) is 5.91 Å². The minimum Gasteiger partial charge on any atom is -0.366 e. The van der Waals surface area contributed by atoms with E-state index in [-0.39, 0.29) is 18.6 Å². The highest BCUT2D eigenvalue weighted by Gasteiger charge is 2.35. The number of carbonyl (C=O) groups excluding carboxylic acids is 1. The number of nitrogens with one attached hydrogen (secondary N) is 1. The van der Waals surface area contributed by atoms with Crippen LogP contribution in [-0.2, 0) is 25.6 Å². The molecule has 0 unspecified atom stereocenters. The summed E-state index contributed by atoms with van der Waals surface area (Å²) in [5.74, 6) is -0.864. The summed E-state index contributed by atoms with van der Waals surface area (Å²) >= 11 is 0. The number of carbonyl (C=O) groups is 1. The molecule has 1 aromatic carbocycles. The lowest BCUT2D eigenvalue weighted by Gasteiger charge is -2.26. The fourth-order valence-corrected chi connectivity index (χ4v) is 2.54. The maximum atomic E-state index is 11.4. The predicted octanol–water partition coefficient (Wildman–Crippen LogP) is 1.57. The molecular weight excluding hydrogens is 298 g/mol. The van der Waals surface area contributed by atoms with E-state index in [1.165, 1.54) is 6.92 Å². The maximum absolute atomic E-state index is 11.4. The van der Waals surface area contributed by atoms with Crippen molar-refractivity contribution in [2.24, 2.45) is 0 Å². The molecule has 6 heteroatoms. The van der Waals surface area contributed by atoms with Crippen molar-refractivity contribution in [1.82, 2.24) is 5.32 Å². The summed E-state index contributed by atoms with van der Waals surface area (Å²) < 4.78 is 16.7. The van der Waals surface area contributed by atoms with Gasteiger partial charge in [0.05, 0.1) is 25.4 Å². The number of amides is 1. The number of hydrogen-bond acceptors (Lipinski definition) is 5. The van der Waals surface area contributed by atoms with Crippen LogP contribution in [0.3, 0.4) is 0 Å². The first-order chi connectivity index (χ1) is 10.9. The Balaban J connectivity index is 1.90. The highest BCUT2D eigenvalue weighted by atomic mass is 16.7. The molecule has 2 rings (SSSR count). The molecule has 1 aliphatic rings. The maximum Gasteiger partial charge on any atom is 0.217 e. The molecular formula is C17H25NO5. The first kappa shape index (κ1) is 17.9. The summed E-state index contributed by atoms with van der Waals surface area (Å²) in [6, 6.07) is 9.00. The highest BCUT2D eigenvalue weighted by Crippen LogP contribution is 2.25. The van der Waals surface area contributed by atoms with Gasteiger partial charge in [0, 0.05) is 13.3 Å². The number of aliphatic hydroxyl groups is 1. The number of benzene rings is 1. The van der Waals surface area contributed by atoms with Crippen LogP contribution in [0.1, 0.15) is 32.8 Å². The van der Waals surface area contributed by atoms with Crippen LogP contribution in [0, 0.1) is 0 Å². The molecule has 1 fully saturated rings. The van der Waals surface area contributed by atoms with Crippen molar-refractivity contribution in [2.45, 2.75) is 58.0 Å². The van der Waals surface area contributed by atoms with Gasteiger partial charge in [-0.1, -0.05) is 30.3 Å². The standard InChI is InChI=1S/C17H25NO5/c1-12(19)18-15(9-14-11-22-17(2,3)23-14)16(20)21-10-13-7-5-4-6-8-13/h4-8,14-16,20H,9-11H2,1-3H3,(H,18,19)/t14-,15+,16+/m0/s1.